The molecule has 1 aromatic rings. The van der Waals surface area contributed by atoms with E-state index in [1.165, 1.54) is 0 Å². The molecule has 15 heavy (non-hydrogen) atoms. The van der Waals surface area contributed by atoms with Crippen molar-refractivity contribution in [3.63, 3.8) is 0 Å². The van der Waals surface area contributed by atoms with Crippen LogP contribution in [-0.4, -0.2) is 12.7 Å². The topological polar surface area (TPSA) is 38.3 Å². The van der Waals surface area contributed by atoms with E-state index in [1.54, 1.807) is 0 Å². The number of rotatable bonds is 3. The number of ether oxygens (including phenoxy) is 1. The van der Waals surface area contributed by atoms with Gasteiger partial charge in [0.25, 0.3) is 0 Å². The van der Waals surface area contributed by atoms with Gasteiger partial charge in [0.15, 0.2) is 0 Å². The summed E-state index contributed by atoms with van der Waals surface area (Å²) in [4.78, 5) is 11.3. The van der Waals surface area contributed by atoms with Crippen LogP contribution in [0.15, 0.2) is 22.7 Å². The van der Waals surface area contributed by atoms with Gasteiger partial charge < -0.3 is 4.74 Å². The molecule has 0 bridgehead atoms. The minimum Gasteiger partial charge on any atom is -0.449 e. The second-order valence-corrected chi connectivity index (χ2v) is 3.99. The van der Waals surface area contributed by atoms with E-state index < -0.39 is 6.09 Å². The third-order valence-corrected chi connectivity index (χ3v) is 2.92. The zero-order valence-electron chi connectivity index (χ0n) is 8.84. The second kappa shape index (κ2) is 5.75. The van der Waals surface area contributed by atoms with Crippen LogP contribution < -0.4 is 5.32 Å². The van der Waals surface area contributed by atoms with Gasteiger partial charge in [-0.15, -0.1) is 0 Å². The monoisotopic (exact) mass is 271 g/mol. The molecule has 0 spiro atoms. The summed E-state index contributed by atoms with van der Waals surface area (Å²) in [5.74, 6) is 0. The summed E-state index contributed by atoms with van der Waals surface area (Å²) in [6.07, 6.45) is 0.408. The number of hydrogen-bond acceptors (Lipinski definition) is 2. The van der Waals surface area contributed by atoms with Crippen LogP contribution in [0.1, 0.15) is 18.9 Å². The standard InChI is InChI=1S/C11H14BrNO2/c1-3-7-15-11(14)13-9-6-4-5-8(2)10(9)12/h4-6H,3,7H2,1-2H3,(H,13,14). The Morgan fingerprint density at radius 1 is 1.53 bits per heavy atom. The lowest BCUT2D eigenvalue weighted by Gasteiger charge is -2.09. The third kappa shape index (κ3) is 3.55. The SMILES string of the molecule is CCCOC(=O)Nc1cccc(C)c1Br. The van der Waals surface area contributed by atoms with Crippen LogP contribution in [0.3, 0.4) is 0 Å². The van der Waals surface area contributed by atoms with Crippen molar-refractivity contribution in [3.05, 3.63) is 28.2 Å². The first-order valence-electron chi connectivity index (χ1n) is 4.84. The Labute approximate surface area is 97.9 Å². The predicted octanol–water partition coefficient (Wildman–Crippen LogP) is 3.72. The van der Waals surface area contributed by atoms with Gasteiger partial charge in [-0.25, -0.2) is 4.79 Å². The number of hydrogen-bond donors (Lipinski definition) is 1. The van der Waals surface area contributed by atoms with Crippen molar-refractivity contribution >= 4 is 27.7 Å². The Morgan fingerprint density at radius 3 is 2.93 bits per heavy atom. The highest BCUT2D eigenvalue weighted by atomic mass is 79.9. The fourth-order valence-corrected chi connectivity index (χ4v) is 1.45. The number of nitrogens with one attached hydrogen (secondary N) is 1. The number of amides is 1. The molecule has 0 unspecified atom stereocenters. The average Bonchev–Trinajstić information content (AvgIpc) is 2.22. The highest BCUT2D eigenvalue weighted by Crippen LogP contribution is 2.25. The first kappa shape index (κ1) is 12.0. The van der Waals surface area contributed by atoms with E-state index >= 15 is 0 Å². The molecule has 1 aromatic carbocycles. The van der Waals surface area contributed by atoms with E-state index in [2.05, 4.69) is 21.2 Å². The molecule has 0 aliphatic heterocycles. The average molecular weight is 272 g/mol. The van der Waals surface area contributed by atoms with Crippen molar-refractivity contribution in [3.8, 4) is 0 Å². The number of aryl methyl sites for hydroxylation is 1. The van der Waals surface area contributed by atoms with Crippen molar-refractivity contribution in [2.24, 2.45) is 0 Å². The normalized spacial score (nSPS) is 9.80. The molecule has 0 saturated heterocycles. The lowest BCUT2D eigenvalue weighted by Crippen LogP contribution is -2.14. The Balaban J connectivity index is 2.64. The number of carbonyl (C=O) groups is 1. The maximum atomic E-state index is 11.3. The summed E-state index contributed by atoms with van der Waals surface area (Å²) in [7, 11) is 0. The minimum absolute atomic E-state index is 0.414. The Morgan fingerprint density at radius 2 is 2.27 bits per heavy atom. The molecule has 3 nitrogen and oxygen atoms in total. The predicted molar refractivity (Wildman–Crippen MR) is 64.1 cm³/mol. The van der Waals surface area contributed by atoms with Crippen LogP contribution in [0.4, 0.5) is 10.5 Å². The lowest BCUT2D eigenvalue weighted by atomic mass is 10.2. The first-order valence-corrected chi connectivity index (χ1v) is 5.63. The van der Waals surface area contributed by atoms with Gasteiger partial charge in [0, 0.05) is 4.47 Å². The summed E-state index contributed by atoms with van der Waals surface area (Å²) < 4.78 is 5.81. The highest BCUT2D eigenvalue weighted by molar-refractivity contribution is 9.10. The van der Waals surface area contributed by atoms with Gasteiger partial charge in [-0.2, -0.15) is 0 Å². The molecule has 1 N–H and O–H groups in total. The van der Waals surface area contributed by atoms with Gasteiger partial charge in [0.1, 0.15) is 0 Å². The molecule has 1 rings (SSSR count). The molecule has 0 saturated carbocycles. The lowest BCUT2D eigenvalue weighted by molar-refractivity contribution is 0.161. The molecule has 0 radical (unpaired) electrons. The number of carbonyl (C=O) groups excluding carboxylic acids is 1. The van der Waals surface area contributed by atoms with E-state index in [4.69, 9.17) is 4.74 Å². The van der Waals surface area contributed by atoms with Crippen molar-refractivity contribution in [2.45, 2.75) is 20.3 Å². The van der Waals surface area contributed by atoms with E-state index in [0.29, 0.717) is 6.61 Å². The molecular formula is C11H14BrNO2. The molecule has 0 aliphatic rings. The van der Waals surface area contributed by atoms with E-state index in [1.807, 2.05) is 32.0 Å². The van der Waals surface area contributed by atoms with Crippen LogP contribution in [0, 0.1) is 6.92 Å². The highest BCUT2D eigenvalue weighted by Gasteiger charge is 2.06. The summed E-state index contributed by atoms with van der Waals surface area (Å²) >= 11 is 3.41. The molecule has 0 heterocycles. The molecule has 0 fully saturated rings. The Kier molecular flexibility index (Phi) is 4.62. The fraction of sp³-hybridized carbons (Fsp3) is 0.364. The molecule has 0 aromatic heterocycles. The minimum atomic E-state index is -0.414. The maximum absolute atomic E-state index is 11.3. The Bertz CT molecular complexity index is 352. The number of benzene rings is 1. The molecule has 0 atom stereocenters. The first-order chi connectivity index (χ1) is 7.15. The second-order valence-electron chi connectivity index (χ2n) is 3.20. The van der Waals surface area contributed by atoms with Gasteiger partial charge in [-0.05, 0) is 40.9 Å². The van der Waals surface area contributed by atoms with Gasteiger partial charge in [-0.1, -0.05) is 19.1 Å². The molecule has 82 valence electrons. The molecular weight excluding hydrogens is 258 g/mol. The Hall–Kier alpha value is -1.03. The zero-order valence-corrected chi connectivity index (χ0v) is 10.4. The maximum Gasteiger partial charge on any atom is 0.411 e. The largest absolute Gasteiger partial charge is 0.449 e. The van der Waals surface area contributed by atoms with Crippen LogP contribution in [0.5, 0.6) is 0 Å². The van der Waals surface area contributed by atoms with Crippen molar-refractivity contribution < 1.29 is 9.53 Å². The third-order valence-electron chi connectivity index (χ3n) is 1.87. The van der Waals surface area contributed by atoms with Crippen LogP contribution in [0.25, 0.3) is 0 Å². The van der Waals surface area contributed by atoms with Crippen molar-refractivity contribution in [1.82, 2.24) is 0 Å². The van der Waals surface area contributed by atoms with Crippen LogP contribution in [0.2, 0.25) is 0 Å². The summed E-state index contributed by atoms with van der Waals surface area (Å²) in [6.45, 7) is 4.36. The van der Waals surface area contributed by atoms with Gasteiger partial charge in [0.05, 0.1) is 12.3 Å². The summed E-state index contributed by atoms with van der Waals surface area (Å²) in [5.41, 5.74) is 1.80. The fourth-order valence-electron chi connectivity index (χ4n) is 1.08. The smallest absolute Gasteiger partial charge is 0.411 e. The zero-order chi connectivity index (χ0) is 11.3. The quantitative estimate of drug-likeness (QED) is 0.910. The van der Waals surface area contributed by atoms with E-state index in [9.17, 15) is 4.79 Å². The van der Waals surface area contributed by atoms with Crippen LogP contribution in [-0.2, 0) is 4.74 Å². The van der Waals surface area contributed by atoms with Gasteiger partial charge in [-0.3, -0.25) is 5.32 Å². The summed E-state index contributed by atoms with van der Waals surface area (Å²) in [6, 6.07) is 5.67. The molecule has 1 amide bonds. The van der Waals surface area contributed by atoms with E-state index in [0.717, 1.165) is 22.1 Å². The number of anilines is 1. The molecule has 0 aliphatic carbocycles. The van der Waals surface area contributed by atoms with E-state index in [-0.39, 0.29) is 0 Å². The number of halogens is 1. The van der Waals surface area contributed by atoms with Crippen molar-refractivity contribution in [2.75, 3.05) is 11.9 Å². The molecule has 4 heteroatoms. The van der Waals surface area contributed by atoms with Gasteiger partial charge in [0.2, 0.25) is 0 Å². The van der Waals surface area contributed by atoms with Crippen LogP contribution >= 0.6 is 15.9 Å². The van der Waals surface area contributed by atoms with Gasteiger partial charge >= 0.3 is 6.09 Å². The van der Waals surface area contributed by atoms with Crippen molar-refractivity contribution in [1.29, 1.82) is 0 Å². The summed E-state index contributed by atoms with van der Waals surface area (Å²) in [5, 5.41) is 2.68.